The number of nitrogens with zero attached hydrogens (tertiary/aromatic N) is 2. The molecule has 35 heavy (non-hydrogen) atoms. The molecule has 6 nitrogen and oxygen atoms in total. The lowest BCUT2D eigenvalue weighted by Crippen LogP contribution is -2.37. The molecule has 1 aliphatic rings. The quantitative estimate of drug-likeness (QED) is 0.343. The highest BCUT2D eigenvalue weighted by atomic mass is 35.5. The summed E-state index contributed by atoms with van der Waals surface area (Å²) >= 11 is 6.08. The molecule has 1 aliphatic heterocycles. The Labute approximate surface area is 209 Å². The molecule has 5 rings (SSSR count). The van der Waals surface area contributed by atoms with Gasteiger partial charge in [-0.1, -0.05) is 23.7 Å². The normalized spacial score (nSPS) is 15.5. The van der Waals surface area contributed by atoms with Crippen LogP contribution in [0, 0.1) is 5.82 Å². The first-order valence-corrected chi connectivity index (χ1v) is 13.7. The maximum absolute atomic E-state index is 15.0. The van der Waals surface area contributed by atoms with E-state index in [1.54, 1.807) is 12.3 Å². The average molecular weight is 513 g/mol. The van der Waals surface area contributed by atoms with Crippen LogP contribution in [0.15, 0.2) is 60.8 Å². The summed E-state index contributed by atoms with van der Waals surface area (Å²) in [4.78, 5) is 7.85. The van der Waals surface area contributed by atoms with Gasteiger partial charge >= 0.3 is 0 Å². The minimum absolute atomic E-state index is 0.200. The Morgan fingerprint density at radius 1 is 1.11 bits per heavy atom. The van der Waals surface area contributed by atoms with Gasteiger partial charge in [0.1, 0.15) is 11.5 Å². The third-order valence-electron chi connectivity index (χ3n) is 6.56. The SMILES string of the molecule is CS(=O)(=O)N1CCC(c2cc3c(-c4cc(NCc5cccc(Cl)c5)ccc4F)ccnc3[nH]2)CC1. The molecule has 4 aromatic rings. The van der Waals surface area contributed by atoms with E-state index in [-0.39, 0.29) is 11.7 Å². The van der Waals surface area contributed by atoms with Crippen molar-refractivity contribution in [2.75, 3.05) is 24.7 Å². The Hall–Kier alpha value is -2.94. The lowest BCUT2D eigenvalue weighted by atomic mass is 9.94. The summed E-state index contributed by atoms with van der Waals surface area (Å²) in [6.45, 7) is 1.56. The number of nitrogens with one attached hydrogen (secondary N) is 2. The Bertz CT molecular complexity index is 1480. The summed E-state index contributed by atoms with van der Waals surface area (Å²) in [5.41, 5.74) is 4.78. The van der Waals surface area contributed by atoms with Crippen LogP contribution in [0.2, 0.25) is 5.02 Å². The number of hydrogen-bond donors (Lipinski definition) is 2. The molecular formula is C26H26ClFN4O2S. The first-order chi connectivity index (χ1) is 16.8. The van der Waals surface area contributed by atoms with Gasteiger partial charge in [-0.2, -0.15) is 0 Å². The number of piperidine rings is 1. The molecule has 2 aromatic carbocycles. The molecule has 3 heterocycles. The van der Waals surface area contributed by atoms with Crippen LogP contribution in [0.4, 0.5) is 10.1 Å². The fourth-order valence-electron chi connectivity index (χ4n) is 4.69. The molecule has 2 N–H and O–H groups in total. The molecule has 1 saturated heterocycles. The molecule has 9 heteroatoms. The second-order valence-corrected chi connectivity index (χ2v) is 11.4. The predicted octanol–water partition coefficient (Wildman–Crippen LogP) is 5.77. The maximum atomic E-state index is 15.0. The van der Waals surface area contributed by atoms with Crippen LogP contribution in [0.3, 0.4) is 0 Å². The summed E-state index contributed by atoms with van der Waals surface area (Å²) < 4.78 is 40.2. The van der Waals surface area contributed by atoms with Gasteiger partial charge in [0.25, 0.3) is 0 Å². The lowest BCUT2D eigenvalue weighted by molar-refractivity contribution is 0.319. The summed E-state index contributed by atoms with van der Waals surface area (Å²) in [6, 6.07) is 16.5. The molecular weight excluding hydrogens is 487 g/mol. The summed E-state index contributed by atoms with van der Waals surface area (Å²) in [5, 5.41) is 4.87. The van der Waals surface area contributed by atoms with E-state index in [9.17, 15) is 12.8 Å². The fraction of sp³-hybridized carbons (Fsp3) is 0.269. The highest BCUT2D eigenvalue weighted by molar-refractivity contribution is 7.88. The van der Waals surface area contributed by atoms with Gasteiger partial charge < -0.3 is 10.3 Å². The van der Waals surface area contributed by atoms with Gasteiger partial charge in [0.2, 0.25) is 10.0 Å². The zero-order valence-electron chi connectivity index (χ0n) is 19.3. The number of sulfonamides is 1. The van der Waals surface area contributed by atoms with Crippen LogP contribution in [-0.2, 0) is 16.6 Å². The van der Waals surface area contributed by atoms with Crippen molar-refractivity contribution in [2.45, 2.75) is 25.3 Å². The van der Waals surface area contributed by atoms with E-state index in [4.69, 9.17) is 11.6 Å². The molecule has 182 valence electrons. The van der Waals surface area contributed by atoms with Crippen molar-refractivity contribution in [3.8, 4) is 11.1 Å². The Kier molecular flexibility index (Phi) is 6.53. The summed E-state index contributed by atoms with van der Waals surface area (Å²) in [6.07, 6.45) is 4.38. The number of rotatable bonds is 6. The van der Waals surface area contributed by atoms with E-state index in [0.717, 1.165) is 40.7 Å². The van der Waals surface area contributed by atoms with Crippen LogP contribution >= 0.6 is 11.6 Å². The Morgan fingerprint density at radius 2 is 1.91 bits per heavy atom. The van der Waals surface area contributed by atoms with Crippen LogP contribution in [0.1, 0.15) is 30.0 Å². The number of aromatic amines is 1. The summed E-state index contributed by atoms with van der Waals surface area (Å²) in [5.74, 6) is -0.111. The first kappa shape index (κ1) is 23.8. The van der Waals surface area contributed by atoms with Gasteiger partial charge in [-0.25, -0.2) is 22.1 Å². The third-order valence-corrected chi connectivity index (χ3v) is 8.10. The number of halogens is 2. The zero-order valence-corrected chi connectivity index (χ0v) is 20.8. The van der Waals surface area contributed by atoms with Crippen molar-refractivity contribution in [3.63, 3.8) is 0 Å². The van der Waals surface area contributed by atoms with Gasteiger partial charge in [0, 0.05) is 59.1 Å². The lowest BCUT2D eigenvalue weighted by Gasteiger charge is -2.29. The topological polar surface area (TPSA) is 78.1 Å². The smallest absolute Gasteiger partial charge is 0.211 e. The number of hydrogen-bond acceptors (Lipinski definition) is 4. The molecule has 0 atom stereocenters. The van der Waals surface area contributed by atoms with Crippen LogP contribution < -0.4 is 5.32 Å². The molecule has 0 radical (unpaired) electrons. The number of H-pyrrole nitrogens is 1. The van der Waals surface area contributed by atoms with Gasteiger partial charge in [0.05, 0.1) is 6.26 Å². The van der Waals surface area contributed by atoms with E-state index in [2.05, 4.69) is 15.3 Å². The number of benzene rings is 2. The van der Waals surface area contributed by atoms with Crippen molar-refractivity contribution in [1.29, 1.82) is 0 Å². The minimum Gasteiger partial charge on any atom is -0.381 e. The van der Waals surface area contributed by atoms with Crippen LogP contribution in [0.5, 0.6) is 0 Å². The van der Waals surface area contributed by atoms with Gasteiger partial charge in [-0.05, 0) is 66.4 Å². The van der Waals surface area contributed by atoms with Crippen LogP contribution in [-0.4, -0.2) is 42.0 Å². The predicted molar refractivity (Wildman–Crippen MR) is 139 cm³/mol. The second-order valence-electron chi connectivity index (χ2n) is 8.96. The Balaban J connectivity index is 1.41. The van der Waals surface area contributed by atoms with Gasteiger partial charge in [-0.3, -0.25) is 0 Å². The van der Waals surface area contributed by atoms with Crippen molar-refractivity contribution in [1.82, 2.24) is 14.3 Å². The van der Waals surface area contributed by atoms with E-state index in [1.807, 2.05) is 42.5 Å². The standard InChI is InChI=1S/C26H26ClFN4O2S/c1-35(33,34)32-11-8-18(9-12-32)25-15-23-21(7-10-29-26(23)31-25)22-14-20(5-6-24(22)28)30-16-17-3-2-4-19(27)13-17/h2-7,10,13-15,18,30H,8-9,11-12,16H2,1H3,(H,29,31). The monoisotopic (exact) mass is 512 g/mol. The zero-order chi connectivity index (χ0) is 24.6. The third kappa shape index (κ3) is 5.19. The molecule has 1 fully saturated rings. The average Bonchev–Trinajstić information content (AvgIpc) is 3.28. The summed E-state index contributed by atoms with van der Waals surface area (Å²) in [7, 11) is -3.18. The molecule has 0 saturated carbocycles. The van der Waals surface area contributed by atoms with Crippen molar-refractivity contribution in [2.24, 2.45) is 0 Å². The highest BCUT2D eigenvalue weighted by Crippen LogP contribution is 2.35. The molecule has 0 bridgehead atoms. The van der Waals surface area contributed by atoms with Crippen molar-refractivity contribution in [3.05, 3.63) is 82.9 Å². The van der Waals surface area contributed by atoms with Crippen molar-refractivity contribution < 1.29 is 12.8 Å². The van der Waals surface area contributed by atoms with Gasteiger partial charge in [0.15, 0.2) is 0 Å². The fourth-order valence-corrected chi connectivity index (χ4v) is 5.78. The number of pyridine rings is 1. The number of anilines is 1. The van der Waals surface area contributed by atoms with E-state index in [1.165, 1.54) is 16.6 Å². The molecule has 0 amide bonds. The molecule has 0 spiro atoms. The van der Waals surface area contributed by atoms with Gasteiger partial charge in [-0.15, -0.1) is 0 Å². The maximum Gasteiger partial charge on any atom is 0.211 e. The number of aromatic nitrogens is 2. The minimum atomic E-state index is -3.18. The van der Waals surface area contributed by atoms with Crippen molar-refractivity contribution >= 4 is 38.3 Å². The Morgan fingerprint density at radius 3 is 2.66 bits per heavy atom. The largest absolute Gasteiger partial charge is 0.381 e. The second kappa shape index (κ2) is 9.60. The molecule has 0 unspecified atom stereocenters. The molecule has 2 aromatic heterocycles. The van der Waals surface area contributed by atoms with E-state index >= 15 is 0 Å². The highest BCUT2D eigenvalue weighted by Gasteiger charge is 2.27. The van der Waals surface area contributed by atoms with Crippen LogP contribution in [0.25, 0.3) is 22.2 Å². The van der Waals surface area contributed by atoms with E-state index in [0.29, 0.717) is 35.9 Å². The first-order valence-electron chi connectivity index (χ1n) is 11.5. The van der Waals surface area contributed by atoms with E-state index < -0.39 is 10.0 Å². The number of fused-ring (bicyclic) bond motifs is 1. The molecule has 0 aliphatic carbocycles.